The van der Waals surface area contributed by atoms with Gasteiger partial charge in [-0.1, -0.05) is 123 Å². The molecule has 0 radical (unpaired) electrons. The molecule has 51 heavy (non-hydrogen) atoms. The van der Waals surface area contributed by atoms with Gasteiger partial charge in [0.15, 0.2) is 11.6 Å². The summed E-state index contributed by atoms with van der Waals surface area (Å²) in [5.41, 5.74) is 4.10. The smallest absolute Gasteiger partial charge is 0.289 e. The highest BCUT2D eigenvalue weighted by Gasteiger charge is 2.34. The van der Waals surface area contributed by atoms with Gasteiger partial charge in [-0.15, -0.1) is 0 Å². The molecule has 0 saturated heterocycles. The maximum Gasteiger partial charge on any atom is 0.416 e. The lowest BCUT2D eigenvalue weighted by atomic mass is 9.77. The Labute approximate surface area is 306 Å². The van der Waals surface area contributed by atoms with Crippen molar-refractivity contribution in [3.63, 3.8) is 0 Å². The minimum absolute atomic E-state index is 0.227. The van der Waals surface area contributed by atoms with E-state index in [9.17, 15) is 22.8 Å². The monoisotopic (exact) mass is 720 g/mol. The Bertz CT molecular complexity index is 2040. The zero-order valence-corrected chi connectivity index (χ0v) is 30.1. The van der Waals surface area contributed by atoms with Gasteiger partial charge in [0.1, 0.15) is 0 Å². The minimum atomic E-state index is -4.48. The molecule has 1 saturated carbocycles. The number of unbranched alkanes of at least 4 members (excludes halogenated alkanes) is 2. The van der Waals surface area contributed by atoms with Crippen LogP contribution in [0.3, 0.4) is 0 Å². The van der Waals surface area contributed by atoms with Gasteiger partial charge in [0.05, 0.1) is 5.56 Å². The van der Waals surface area contributed by atoms with Crippen molar-refractivity contribution < 1.29 is 22.8 Å². The van der Waals surface area contributed by atoms with E-state index < -0.39 is 11.7 Å². The molecule has 0 aromatic heterocycles. The van der Waals surface area contributed by atoms with Crippen molar-refractivity contribution in [1.82, 2.24) is 0 Å². The van der Waals surface area contributed by atoms with Crippen molar-refractivity contribution in [1.29, 1.82) is 0 Å². The van der Waals surface area contributed by atoms with Gasteiger partial charge in [0.2, 0.25) is 0 Å². The van der Waals surface area contributed by atoms with Crippen molar-refractivity contribution >= 4 is 35.1 Å². The topological polar surface area (TPSA) is 34.1 Å². The summed E-state index contributed by atoms with van der Waals surface area (Å²) in [6.07, 6.45) is 6.17. The van der Waals surface area contributed by atoms with Crippen LogP contribution >= 0.6 is 23.5 Å². The molecule has 1 fully saturated rings. The second kappa shape index (κ2) is 15.3. The van der Waals surface area contributed by atoms with Crippen LogP contribution in [0.2, 0.25) is 0 Å². The van der Waals surface area contributed by atoms with Gasteiger partial charge >= 0.3 is 6.18 Å². The lowest BCUT2D eigenvalue weighted by Crippen LogP contribution is -2.22. The molecule has 2 aliphatic carbocycles. The largest absolute Gasteiger partial charge is 0.416 e. The highest BCUT2D eigenvalue weighted by molar-refractivity contribution is 7.99. The zero-order valence-electron chi connectivity index (χ0n) is 28.5. The van der Waals surface area contributed by atoms with Crippen LogP contribution in [0.25, 0.3) is 11.1 Å². The molecule has 0 atom stereocenters. The molecule has 0 spiro atoms. The molecule has 0 amide bonds. The number of hydrogen-bond donors (Lipinski definition) is 0. The molecule has 5 aromatic rings. The number of hydrogen-bond acceptors (Lipinski definition) is 4. The molecule has 5 aromatic carbocycles. The van der Waals surface area contributed by atoms with Crippen LogP contribution in [0.1, 0.15) is 107 Å². The minimum Gasteiger partial charge on any atom is -0.289 e. The quantitative estimate of drug-likeness (QED) is 0.132. The first kappa shape index (κ1) is 35.3. The van der Waals surface area contributed by atoms with Crippen molar-refractivity contribution in [2.45, 2.75) is 90.0 Å². The maximum atomic E-state index is 14.0. The van der Waals surface area contributed by atoms with Crippen LogP contribution in [0.15, 0.2) is 129 Å². The summed E-state index contributed by atoms with van der Waals surface area (Å²) in [5.74, 6) is 0.975. The average molecular weight is 721 g/mol. The summed E-state index contributed by atoms with van der Waals surface area (Å²) < 4.78 is 40.1. The van der Waals surface area contributed by atoms with E-state index in [0.29, 0.717) is 31.7 Å². The van der Waals surface area contributed by atoms with E-state index in [1.165, 1.54) is 74.8 Å². The summed E-state index contributed by atoms with van der Waals surface area (Å²) in [6, 6.07) is 32.5. The van der Waals surface area contributed by atoms with Crippen molar-refractivity contribution in [2.24, 2.45) is 5.92 Å². The van der Waals surface area contributed by atoms with Gasteiger partial charge < -0.3 is 0 Å². The fraction of sp³-hybridized carbons (Fsp3) is 0.273. The molecule has 260 valence electrons. The van der Waals surface area contributed by atoms with Crippen LogP contribution in [0.4, 0.5) is 13.2 Å². The van der Waals surface area contributed by atoms with Crippen molar-refractivity contribution in [3.05, 3.63) is 143 Å². The Hall–Kier alpha value is -4.07. The Kier molecular flexibility index (Phi) is 10.6. The highest BCUT2D eigenvalue weighted by Crippen LogP contribution is 2.43. The summed E-state index contributed by atoms with van der Waals surface area (Å²) in [5, 5.41) is 0. The molecular weight excluding hydrogens is 682 g/mol. The van der Waals surface area contributed by atoms with E-state index in [1.807, 2.05) is 18.2 Å². The van der Waals surface area contributed by atoms with E-state index >= 15 is 0 Å². The molecule has 7 heteroatoms. The van der Waals surface area contributed by atoms with Gasteiger partial charge in [-0.2, -0.15) is 13.2 Å². The number of halogens is 3. The average Bonchev–Trinajstić information content (AvgIpc) is 3.14. The van der Waals surface area contributed by atoms with Crippen LogP contribution in [0, 0.1) is 5.92 Å². The first-order valence-corrected chi connectivity index (χ1v) is 19.4. The van der Waals surface area contributed by atoms with Crippen LogP contribution in [-0.2, 0) is 6.18 Å². The molecule has 0 bridgehead atoms. The lowest BCUT2D eigenvalue weighted by Gasteiger charge is -2.29. The van der Waals surface area contributed by atoms with E-state index in [2.05, 4.69) is 43.3 Å². The second-order valence-corrected chi connectivity index (χ2v) is 15.8. The van der Waals surface area contributed by atoms with E-state index in [-0.39, 0.29) is 22.7 Å². The first-order valence-electron chi connectivity index (χ1n) is 17.8. The lowest BCUT2D eigenvalue weighted by molar-refractivity contribution is -0.137. The summed E-state index contributed by atoms with van der Waals surface area (Å²) in [4.78, 5) is 30.3. The number of carbonyl (C=O) groups excluding carboxylic acids is 2. The fourth-order valence-corrected chi connectivity index (χ4v) is 9.48. The van der Waals surface area contributed by atoms with Gasteiger partial charge in [-0.25, -0.2) is 0 Å². The number of benzene rings is 5. The molecule has 0 N–H and O–H groups in total. The summed E-state index contributed by atoms with van der Waals surface area (Å²) >= 11 is 2.49. The van der Waals surface area contributed by atoms with Crippen LogP contribution in [0.5, 0.6) is 0 Å². The molecule has 2 nitrogen and oxygen atoms in total. The van der Waals surface area contributed by atoms with E-state index in [0.717, 1.165) is 45.8 Å². The Balaban J connectivity index is 1.05. The third-order valence-corrected chi connectivity index (χ3v) is 12.4. The predicted octanol–water partition coefficient (Wildman–Crippen LogP) is 13.3. The third kappa shape index (κ3) is 7.75. The number of alkyl halides is 3. The molecule has 7 rings (SSSR count). The summed E-state index contributed by atoms with van der Waals surface area (Å²) in [6.45, 7) is 2.27. The molecule has 2 aliphatic rings. The number of ketones is 2. The van der Waals surface area contributed by atoms with Gasteiger partial charge in [-0.05, 0) is 96.7 Å². The van der Waals surface area contributed by atoms with Crippen molar-refractivity contribution in [3.8, 4) is 11.1 Å². The Morgan fingerprint density at radius 1 is 0.627 bits per heavy atom. The fourth-order valence-electron chi connectivity index (χ4n) is 7.47. The first-order chi connectivity index (χ1) is 24.7. The summed E-state index contributed by atoms with van der Waals surface area (Å²) in [7, 11) is 0. The van der Waals surface area contributed by atoms with Crippen molar-refractivity contribution in [2.75, 3.05) is 0 Å². The normalized spacial score (nSPS) is 17.3. The number of fused-ring (bicyclic) bond motifs is 2. The maximum absolute atomic E-state index is 14.0. The highest BCUT2D eigenvalue weighted by atomic mass is 32.2. The van der Waals surface area contributed by atoms with Gasteiger partial charge in [0.25, 0.3) is 0 Å². The van der Waals surface area contributed by atoms with Gasteiger partial charge in [0, 0.05) is 41.8 Å². The molecule has 0 unspecified atom stereocenters. The van der Waals surface area contributed by atoms with Gasteiger partial charge in [-0.3, -0.25) is 9.59 Å². The number of carbonyl (C=O) groups is 2. The Morgan fingerprint density at radius 2 is 1.18 bits per heavy atom. The zero-order chi connectivity index (χ0) is 35.5. The van der Waals surface area contributed by atoms with Crippen LogP contribution < -0.4 is 0 Å². The molecule has 0 heterocycles. The standard InChI is InChI=1S/C44H39F3O2S2/c1-2-3-4-8-28-15-17-29(18-16-28)30-19-21-31(22-20-30)32-23-25-34(26-24-32)50-38-13-6-11-36-40(38)42(48)37-12-7-14-39(41(37)43(36)49)51-35-10-5-9-33(27-35)44(45,46)47/h5-7,9-14,19-29H,2-4,8,15-18H2,1H3. The van der Waals surface area contributed by atoms with E-state index in [4.69, 9.17) is 0 Å². The Morgan fingerprint density at radius 3 is 1.75 bits per heavy atom. The predicted molar refractivity (Wildman–Crippen MR) is 200 cm³/mol. The number of rotatable bonds is 10. The molecule has 0 aliphatic heterocycles. The SMILES string of the molecule is CCCCCC1CCC(c2ccc(-c3ccc(Sc4cccc5c4C(=O)c4cccc(Sc6cccc(C(F)(F)F)c6)c4C5=O)cc3)cc2)CC1. The van der Waals surface area contributed by atoms with Crippen LogP contribution in [-0.4, -0.2) is 11.6 Å². The van der Waals surface area contributed by atoms with E-state index in [1.54, 1.807) is 36.4 Å². The molecular formula is C44H39F3O2S2. The third-order valence-electron chi connectivity index (χ3n) is 10.2. The second-order valence-electron chi connectivity index (χ2n) is 13.6.